The fraction of sp³-hybridized carbons (Fsp3) is 0.929. The Hall–Kier alpha value is -0.650. The zero-order valence-electron chi connectivity index (χ0n) is 12.9. The quantitative estimate of drug-likeness (QED) is 0.635. The predicted octanol–water partition coefficient (Wildman–Crippen LogP) is 1.03. The second-order valence-corrected chi connectivity index (χ2v) is 5.78. The van der Waals surface area contributed by atoms with Crippen LogP contribution in [-0.4, -0.2) is 62.9 Å². The van der Waals surface area contributed by atoms with Gasteiger partial charge >= 0.3 is 5.97 Å². The first-order valence-electron chi connectivity index (χ1n) is 6.98. The number of esters is 1. The van der Waals surface area contributed by atoms with E-state index in [2.05, 4.69) is 24.2 Å². The highest BCUT2D eigenvalue weighted by Crippen LogP contribution is 2.25. The van der Waals surface area contributed by atoms with Gasteiger partial charge in [0.2, 0.25) is 0 Å². The van der Waals surface area contributed by atoms with Crippen LogP contribution in [0.25, 0.3) is 0 Å². The van der Waals surface area contributed by atoms with Crippen molar-refractivity contribution in [3.63, 3.8) is 0 Å². The van der Waals surface area contributed by atoms with Crippen LogP contribution >= 0.6 is 0 Å². The van der Waals surface area contributed by atoms with Gasteiger partial charge in [-0.05, 0) is 40.2 Å². The molecule has 0 aromatic heterocycles. The molecule has 0 spiro atoms. The number of rotatable bonds is 9. The topological polar surface area (TPSA) is 50.8 Å². The van der Waals surface area contributed by atoms with E-state index in [1.54, 1.807) is 7.11 Å². The zero-order valence-corrected chi connectivity index (χ0v) is 12.9. The Bertz CT molecular complexity index is 294. The number of carbonyl (C=O) groups excluding carboxylic acids is 1. The van der Waals surface area contributed by atoms with Gasteiger partial charge in [0, 0.05) is 25.7 Å². The van der Waals surface area contributed by atoms with Crippen LogP contribution in [0.3, 0.4) is 0 Å². The van der Waals surface area contributed by atoms with Crippen LogP contribution in [0.4, 0.5) is 0 Å². The lowest BCUT2D eigenvalue weighted by Gasteiger charge is -2.32. The Labute approximate surface area is 116 Å². The molecule has 1 N–H and O–H groups in total. The summed E-state index contributed by atoms with van der Waals surface area (Å²) >= 11 is 0. The van der Waals surface area contributed by atoms with Crippen LogP contribution in [0.2, 0.25) is 0 Å². The average molecular weight is 272 g/mol. The van der Waals surface area contributed by atoms with Gasteiger partial charge in [-0.25, -0.2) is 0 Å². The molecule has 2 unspecified atom stereocenters. The molecule has 1 fully saturated rings. The molecule has 0 bridgehead atoms. The molecule has 0 heterocycles. The lowest BCUT2D eigenvalue weighted by molar-refractivity contribution is -0.148. The molecule has 1 aliphatic rings. The molecule has 0 aromatic rings. The third-order valence-electron chi connectivity index (χ3n) is 3.86. The van der Waals surface area contributed by atoms with E-state index in [4.69, 9.17) is 9.47 Å². The van der Waals surface area contributed by atoms with Gasteiger partial charge < -0.3 is 14.4 Å². The van der Waals surface area contributed by atoms with Crippen molar-refractivity contribution in [1.82, 2.24) is 10.2 Å². The maximum Gasteiger partial charge on any atom is 0.325 e. The largest absolute Gasteiger partial charge is 0.468 e. The number of carbonyl (C=O) groups is 1. The Morgan fingerprint density at radius 3 is 2.58 bits per heavy atom. The Balaban J connectivity index is 2.50. The minimum Gasteiger partial charge on any atom is -0.468 e. The molecular formula is C14H28N2O3. The van der Waals surface area contributed by atoms with E-state index in [-0.39, 0.29) is 5.97 Å². The fourth-order valence-corrected chi connectivity index (χ4v) is 2.13. The third-order valence-corrected chi connectivity index (χ3v) is 3.86. The van der Waals surface area contributed by atoms with E-state index in [0.29, 0.717) is 18.7 Å². The SMILES string of the molecule is COCC(C)N(C)CCC(C)(NC1CC1)C(=O)OC. The summed E-state index contributed by atoms with van der Waals surface area (Å²) in [4.78, 5) is 14.2. The van der Waals surface area contributed by atoms with E-state index in [9.17, 15) is 4.79 Å². The van der Waals surface area contributed by atoms with Crippen LogP contribution in [0.1, 0.15) is 33.1 Å². The van der Waals surface area contributed by atoms with E-state index >= 15 is 0 Å². The highest BCUT2D eigenvalue weighted by Gasteiger charge is 2.39. The molecule has 1 saturated carbocycles. The van der Waals surface area contributed by atoms with Gasteiger partial charge in [0.25, 0.3) is 0 Å². The van der Waals surface area contributed by atoms with Crippen molar-refractivity contribution >= 4 is 5.97 Å². The van der Waals surface area contributed by atoms with E-state index < -0.39 is 5.54 Å². The summed E-state index contributed by atoms with van der Waals surface area (Å²) in [6.45, 7) is 5.58. The lowest BCUT2D eigenvalue weighted by atomic mass is 9.97. The fourth-order valence-electron chi connectivity index (χ4n) is 2.13. The third kappa shape index (κ3) is 5.09. The lowest BCUT2D eigenvalue weighted by Crippen LogP contribution is -2.53. The summed E-state index contributed by atoms with van der Waals surface area (Å²) in [5, 5.41) is 3.41. The standard InChI is InChI=1S/C14H28N2O3/c1-11(10-18-4)16(3)9-8-14(2,13(17)19-5)15-12-6-7-12/h11-12,15H,6-10H2,1-5H3. The van der Waals surface area contributed by atoms with Crippen LogP contribution in [-0.2, 0) is 14.3 Å². The van der Waals surface area contributed by atoms with Gasteiger partial charge in [-0.3, -0.25) is 10.1 Å². The summed E-state index contributed by atoms with van der Waals surface area (Å²) in [5.41, 5.74) is -0.586. The van der Waals surface area contributed by atoms with E-state index in [1.165, 1.54) is 7.11 Å². The maximum absolute atomic E-state index is 12.0. The molecule has 5 heteroatoms. The van der Waals surface area contributed by atoms with Crippen molar-refractivity contribution in [3.8, 4) is 0 Å². The molecule has 19 heavy (non-hydrogen) atoms. The summed E-state index contributed by atoms with van der Waals surface area (Å²) in [7, 11) is 5.21. The molecular weight excluding hydrogens is 244 g/mol. The molecule has 5 nitrogen and oxygen atoms in total. The first kappa shape index (κ1) is 16.4. The number of hydrogen-bond donors (Lipinski definition) is 1. The van der Waals surface area contributed by atoms with Gasteiger partial charge in [0.1, 0.15) is 5.54 Å². The number of nitrogens with zero attached hydrogens (tertiary/aromatic N) is 1. The number of hydrogen-bond acceptors (Lipinski definition) is 5. The van der Waals surface area contributed by atoms with Crippen LogP contribution in [0.15, 0.2) is 0 Å². The van der Waals surface area contributed by atoms with Crippen LogP contribution in [0, 0.1) is 0 Å². The Morgan fingerprint density at radius 2 is 2.11 bits per heavy atom. The van der Waals surface area contributed by atoms with Crippen LogP contribution < -0.4 is 5.32 Å². The smallest absolute Gasteiger partial charge is 0.325 e. The second-order valence-electron chi connectivity index (χ2n) is 5.78. The van der Waals surface area contributed by atoms with Crippen molar-refractivity contribution in [2.24, 2.45) is 0 Å². The Kier molecular flexibility index (Phi) is 6.23. The summed E-state index contributed by atoms with van der Waals surface area (Å²) in [6.07, 6.45) is 3.05. The monoisotopic (exact) mass is 272 g/mol. The minimum atomic E-state index is -0.586. The van der Waals surface area contributed by atoms with Crippen molar-refractivity contribution < 1.29 is 14.3 Å². The van der Waals surface area contributed by atoms with Crippen LogP contribution in [0.5, 0.6) is 0 Å². The average Bonchev–Trinajstić information content (AvgIpc) is 3.18. The first-order valence-corrected chi connectivity index (χ1v) is 6.98. The van der Waals surface area contributed by atoms with Crippen molar-refractivity contribution in [2.45, 2.75) is 50.7 Å². The molecule has 1 rings (SSSR count). The molecule has 112 valence electrons. The molecule has 0 radical (unpaired) electrons. The molecule has 0 aromatic carbocycles. The highest BCUT2D eigenvalue weighted by atomic mass is 16.5. The van der Waals surface area contributed by atoms with E-state index in [1.807, 2.05) is 6.92 Å². The molecule has 0 saturated heterocycles. The van der Waals surface area contributed by atoms with Crippen molar-refractivity contribution in [2.75, 3.05) is 34.4 Å². The minimum absolute atomic E-state index is 0.174. The Morgan fingerprint density at radius 1 is 1.47 bits per heavy atom. The summed E-state index contributed by atoms with van der Waals surface area (Å²) < 4.78 is 10.1. The number of nitrogens with one attached hydrogen (secondary N) is 1. The maximum atomic E-state index is 12.0. The van der Waals surface area contributed by atoms with Gasteiger partial charge in [0.05, 0.1) is 13.7 Å². The highest BCUT2D eigenvalue weighted by molar-refractivity contribution is 5.80. The molecule has 1 aliphatic carbocycles. The molecule has 0 amide bonds. The normalized spacial score (nSPS) is 20.1. The van der Waals surface area contributed by atoms with Gasteiger partial charge in [-0.2, -0.15) is 0 Å². The van der Waals surface area contributed by atoms with Gasteiger partial charge in [-0.15, -0.1) is 0 Å². The number of methoxy groups -OCH3 is 2. The summed E-state index contributed by atoms with van der Waals surface area (Å²) in [6, 6.07) is 0.818. The van der Waals surface area contributed by atoms with E-state index in [0.717, 1.165) is 25.8 Å². The first-order chi connectivity index (χ1) is 8.92. The zero-order chi connectivity index (χ0) is 14.5. The number of likely N-dealkylation sites (N-methyl/N-ethyl adjacent to an activating group) is 1. The van der Waals surface area contributed by atoms with Gasteiger partial charge in [-0.1, -0.05) is 0 Å². The molecule has 2 atom stereocenters. The summed E-state index contributed by atoms with van der Waals surface area (Å²) in [5.74, 6) is -0.174. The van der Waals surface area contributed by atoms with Crippen molar-refractivity contribution in [3.05, 3.63) is 0 Å². The predicted molar refractivity (Wildman–Crippen MR) is 75.2 cm³/mol. The second kappa shape index (κ2) is 7.22. The van der Waals surface area contributed by atoms with Gasteiger partial charge in [0.15, 0.2) is 0 Å². The molecule has 0 aliphatic heterocycles. The van der Waals surface area contributed by atoms with Crippen molar-refractivity contribution in [1.29, 1.82) is 0 Å². The number of ether oxygens (including phenoxy) is 2.